The van der Waals surface area contributed by atoms with Crippen LogP contribution in [-0.4, -0.2) is 6.04 Å². The number of halogens is 2. The normalized spacial score (nSPS) is 21.6. The number of para-hydroxylation sites is 1. The Morgan fingerprint density at radius 2 is 1.84 bits per heavy atom. The third kappa shape index (κ3) is 2.21. The second-order valence-electron chi connectivity index (χ2n) is 5.09. The quantitative estimate of drug-likeness (QED) is 0.805. The van der Waals surface area contributed by atoms with Crippen LogP contribution >= 0.6 is 0 Å². The van der Waals surface area contributed by atoms with Crippen molar-refractivity contribution in [3.8, 4) is 0 Å². The minimum atomic E-state index is -0.389. The molecule has 1 aliphatic rings. The van der Waals surface area contributed by atoms with E-state index in [9.17, 15) is 8.78 Å². The van der Waals surface area contributed by atoms with Crippen LogP contribution in [0, 0.1) is 11.6 Å². The molecule has 1 aliphatic heterocycles. The predicted octanol–water partition coefficient (Wildman–Crippen LogP) is 4.30. The van der Waals surface area contributed by atoms with Crippen LogP contribution in [0.2, 0.25) is 0 Å². The molecular weight excluding hydrogens is 244 g/mol. The Hall–Kier alpha value is -1.90. The zero-order valence-electron chi connectivity index (χ0n) is 10.7. The van der Waals surface area contributed by atoms with Crippen molar-refractivity contribution in [2.75, 3.05) is 5.32 Å². The molecule has 2 unspecified atom stereocenters. The molecule has 2 aromatic carbocycles. The number of hydrogen-bond donors (Lipinski definition) is 1. The molecule has 3 rings (SSSR count). The standard InChI is InChI=1S/C16H15F2N/c1-10-8-13(12-4-2-3-5-16(12)19-10)14-9-11(17)6-7-15(14)18/h2-7,9-10,13,19H,8H2,1H3. The molecule has 0 aliphatic carbocycles. The highest BCUT2D eigenvalue weighted by Gasteiger charge is 2.27. The molecule has 1 nitrogen and oxygen atoms in total. The van der Waals surface area contributed by atoms with Gasteiger partial charge >= 0.3 is 0 Å². The first-order chi connectivity index (χ1) is 9.15. The topological polar surface area (TPSA) is 12.0 Å². The van der Waals surface area contributed by atoms with E-state index >= 15 is 0 Å². The average Bonchev–Trinajstić information content (AvgIpc) is 2.40. The molecule has 3 heteroatoms. The molecule has 0 aromatic heterocycles. The highest BCUT2D eigenvalue weighted by Crippen LogP contribution is 2.39. The van der Waals surface area contributed by atoms with Crippen molar-refractivity contribution in [1.29, 1.82) is 0 Å². The zero-order valence-corrected chi connectivity index (χ0v) is 10.7. The first-order valence-corrected chi connectivity index (χ1v) is 6.45. The average molecular weight is 259 g/mol. The van der Waals surface area contributed by atoms with Gasteiger partial charge in [-0.15, -0.1) is 0 Å². The third-order valence-corrected chi connectivity index (χ3v) is 3.66. The van der Waals surface area contributed by atoms with Gasteiger partial charge in [0, 0.05) is 17.6 Å². The lowest BCUT2D eigenvalue weighted by atomic mass is 9.82. The SMILES string of the molecule is CC1CC(c2cc(F)ccc2F)c2ccccc2N1. The van der Waals surface area contributed by atoms with E-state index in [0.29, 0.717) is 5.56 Å². The number of anilines is 1. The van der Waals surface area contributed by atoms with E-state index in [2.05, 4.69) is 12.2 Å². The van der Waals surface area contributed by atoms with Gasteiger partial charge in [0.2, 0.25) is 0 Å². The van der Waals surface area contributed by atoms with Gasteiger partial charge in [0.25, 0.3) is 0 Å². The zero-order chi connectivity index (χ0) is 13.4. The van der Waals surface area contributed by atoms with Gasteiger partial charge < -0.3 is 5.32 Å². The fourth-order valence-corrected chi connectivity index (χ4v) is 2.81. The Balaban J connectivity index is 2.12. The molecule has 2 atom stereocenters. The summed E-state index contributed by atoms with van der Waals surface area (Å²) in [6.45, 7) is 2.06. The van der Waals surface area contributed by atoms with Crippen molar-refractivity contribution in [2.45, 2.75) is 25.3 Å². The monoisotopic (exact) mass is 259 g/mol. The molecule has 19 heavy (non-hydrogen) atoms. The van der Waals surface area contributed by atoms with E-state index in [1.54, 1.807) is 0 Å². The summed E-state index contributed by atoms with van der Waals surface area (Å²) in [6, 6.07) is 11.8. The summed E-state index contributed by atoms with van der Waals surface area (Å²) in [5.74, 6) is -0.821. The lowest BCUT2D eigenvalue weighted by Crippen LogP contribution is -2.26. The van der Waals surface area contributed by atoms with Crippen molar-refractivity contribution >= 4 is 5.69 Å². The van der Waals surface area contributed by atoms with Gasteiger partial charge in [-0.25, -0.2) is 8.78 Å². The molecule has 1 N–H and O–H groups in total. The molecule has 0 saturated carbocycles. The van der Waals surface area contributed by atoms with E-state index in [-0.39, 0.29) is 23.6 Å². The minimum absolute atomic E-state index is 0.0943. The number of rotatable bonds is 1. The second kappa shape index (κ2) is 4.65. The Labute approximate surface area is 111 Å². The van der Waals surface area contributed by atoms with Gasteiger partial charge in [-0.05, 0) is 48.7 Å². The predicted molar refractivity (Wildman–Crippen MR) is 72.3 cm³/mol. The lowest BCUT2D eigenvalue weighted by molar-refractivity contribution is 0.546. The first-order valence-electron chi connectivity index (χ1n) is 6.45. The Bertz CT molecular complexity index is 609. The minimum Gasteiger partial charge on any atom is -0.382 e. The molecule has 0 radical (unpaired) electrons. The smallest absolute Gasteiger partial charge is 0.127 e. The summed E-state index contributed by atoms with van der Waals surface area (Å²) in [5.41, 5.74) is 2.49. The number of hydrogen-bond acceptors (Lipinski definition) is 1. The van der Waals surface area contributed by atoms with Crippen LogP contribution in [0.25, 0.3) is 0 Å². The van der Waals surface area contributed by atoms with E-state index in [1.165, 1.54) is 12.1 Å². The highest BCUT2D eigenvalue weighted by atomic mass is 19.1. The van der Waals surface area contributed by atoms with Crippen molar-refractivity contribution < 1.29 is 8.78 Å². The van der Waals surface area contributed by atoms with E-state index in [4.69, 9.17) is 0 Å². The van der Waals surface area contributed by atoms with Crippen molar-refractivity contribution in [3.63, 3.8) is 0 Å². The van der Waals surface area contributed by atoms with Gasteiger partial charge in [-0.1, -0.05) is 18.2 Å². The van der Waals surface area contributed by atoms with Crippen LogP contribution in [0.1, 0.15) is 30.4 Å². The summed E-state index contributed by atoms with van der Waals surface area (Å²) >= 11 is 0. The van der Waals surface area contributed by atoms with Crippen molar-refractivity contribution in [2.24, 2.45) is 0 Å². The molecule has 98 valence electrons. The van der Waals surface area contributed by atoms with Crippen LogP contribution in [-0.2, 0) is 0 Å². The van der Waals surface area contributed by atoms with E-state index in [0.717, 1.165) is 23.7 Å². The fourth-order valence-electron chi connectivity index (χ4n) is 2.81. The van der Waals surface area contributed by atoms with Crippen LogP contribution in [0.3, 0.4) is 0 Å². The lowest BCUT2D eigenvalue weighted by Gasteiger charge is -2.31. The molecule has 0 bridgehead atoms. The van der Waals surface area contributed by atoms with Crippen LogP contribution in [0.4, 0.5) is 14.5 Å². The molecule has 1 heterocycles. The molecule has 0 fully saturated rings. The molecule has 0 spiro atoms. The third-order valence-electron chi connectivity index (χ3n) is 3.66. The van der Waals surface area contributed by atoms with Gasteiger partial charge in [0.05, 0.1) is 0 Å². The molecule has 2 aromatic rings. The summed E-state index contributed by atoms with van der Waals surface area (Å²) in [7, 11) is 0. The number of nitrogens with one attached hydrogen (secondary N) is 1. The summed E-state index contributed by atoms with van der Waals surface area (Å²) in [6.07, 6.45) is 0.761. The maximum Gasteiger partial charge on any atom is 0.127 e. The Kier molecular flexibility index (Phi) is 2.97. The highest BCUT2D eigenvalue weighted by molar-refractivity contribution is 5.58. The maximum atomic E-state index is 14.0. The van der Waals surface area contributed by atoms with Crippen molar-refractivity contribution in [3.05, 3.63) is 65.2 Å². The Morgan fingerprint density at radius 3 is 2.68 bits per heavy atom. The second-order valence-corrected chi connectivity index (χ2v) is 5.09. The fraction of sp³-hybridized carbons (Fsp3) is 0.250. The van der Waals surface area contributed by atoms with Crippen molar-refractivity contribution in [1.82, 2.24) is 0 Å². The van der Waals surface area contributed by atoms with Gasteiger partial charge in [0.15, 0.2) is 0 Å². The molecule has 0 amide bonds. The van der Waals surface area contributed by atoms with Gasteiger partial charge in [-0.3, -0.25) is 0 Å². The van der Waals surface area contributed by atoms with E-state index in [1.807, 2.05) is 24.3 Å². The van der Waals surface area contributed by atoms with E-state index < -0.39 is 0 Å². The number of benzene rings is 2. The summed E-state index contributed by atoms with van der Waals surface area (Å²) < 4.78 is 27.4. The van der Waals surface area contributed by atoms with Crippen LogP contribution in [0.5, 0.6) is 0 Å². The maximum absolute atomic E-state index is 14.0. The molecule has 0 saturated heterocycles. The van der Waals surface area contributed by atoms with Crippen LogP contribution < -0.4 is 5.32 Å². The largest absolute Gasteiger partial charge is 0.382 e. The van der Waals surface area contributed by atoms with Gasteiger partial charge in [0.1, 0.15) is 11.6 Å². The number of fused-ring (bicyclic) bond motifs is 1. The summed E-state index contributed by atoms with van der Waals surface area (Å²) in [5, 5.41) is 3.38. The molecular formula is C16H15F2N. The Morgan fingerprint density at radius 1 is 1.05 bits per heavy atom. The summed E-state index contributed by atoms with van der Waals surface area (Å²) in [4.78, 5) is 0. The first kappa shape index (κ1) is 12.2. The van der Waals surface area contributed by atoms with Gasteiger partial charge in [-0.2, -0.15) is 0 Å². The van der Waals surface area contributed by atoms with Crippen LogP contribution in [0.15, 0.2) is 42.5 Å².